The Morgan fingerprint density at radius 3 is 1.75 bits per heavy atom. The molecule has 0 spiro atoms. The molecule has 1 N–H and O–H groups in total. The van der Waals surface area contributed by atoms with Gasteiger partial charge in [0.05, 0.1) is 0 Å². The Kier molecular flexibility index (Phi) is 20.6. The molecule has 0 aliphatic carbocycles. The van der Waals surface area contributed by atoms with Gasteiger partial charge in [0.25, 0.3) is 0 Å². The van der Waals surface area contributed by atoms with E-state index in [1.54, 1.807) is 0 Å². The van der Waals surface area contributed by atoms with Crippen molar-refractivity contribution in [2.45, 2.75) is 0 Å². The van der Waals surface area contributed by atoms with E-state index in [2.05, 4.69) is 0 Å². The van der Waals surface area contributed by atoms with Gasteiger partial charge in [-0.15, -0.1) is 4.91 Å². The van der Waals surface area contributed by atoms with Crippen LogP contribution in [0.25, 0.3) is 0 Å². The molecule has 0 aromatic heterocycles. The third-order valence-corrected chi connectivity index (χ3v) is 0. The average molecular weight is 206 g/mol. The minimum absolute atomic E-state index is 0. The molecule has 0 bridgehead atoms. The van der Waals surface area contributed by atoms with Crippen molar-refractivity contribution in [3.63, 3.8) is 0 Å². The van der Waals surface area contributed by atoms with Crippen molar-refractivity contribution < 1.29 is 43.8 Å². The van der Waals surface area contributed by atoms with E-state index in [1.807, 2.05) is 0 Å². The summed E-state index contributed by atoms with van der Waals surface area (Å²) in [4.78, 5) is 8.11. The van der Waals surface area contributed by atoms with Gasteiger partial charge >= 0.3 is 0 Å². The molecule has 0 saturated heterocycles. The van der Waals surface area contributed by atoms with Gasteiger partial charge in [-0.05, 0) is 0 Å². The third-order valence-electron chi connectivity index (χ3n) is 0. The van der Waals surface area contributed by atoms with E-state index in [1.165, 1.54) is 5.34 Å². The largest absolute Gasteiger partial charge is 0.379 e. The van der Waals surface area contributed by atoms with Crippen LogP contribution in [-0.2, 0) is 0 Å². The van der Waals surface area contributed by atoms with Gasteiger partial charge in [0.2, 0.25) is 0 Å². The molecule has 0 atom stereocenters. The third kappa shape index (κ3) is 16.2. The van der Waals surface area contributed by atoms with Gasteiger partial charge < -0.3 is 5.21 Å². The molecular weight excluding hydrogens is 205 g/mol. The topological polar surface area (TPSA) is 49.7 Å². The Labute approximate surface area is 53.8 Å². The van der Waals surface area contributed by atoms with Crippen LogP contribution in [0.2, 0.25) is 0 Å². The van der Waals surface area contributed by atoms with Gasteiger partial charge in [-0.2, -0.15) is 0 Å². The standard InChI is InChI=1S/HNO2.Tb/c2-1-3;/h(H,2,3);. The van der Waals surface area contributed by atoms with E-state index in [-0.39, 0.29) is 38.6 Å². The van der Waals surface area contributed by atoms with Crippen molar-refractivity contribution in [1.82, 2.24) is 0 Å². The van der Waals surface area contributed by atoms with Gasteiger partial charge in [0, 0.05) is 38.6 Å². The van der Waals surface area contributed by atoms with Crippen LogP contribution in [0.15, 0.2) is 5.34 Å². The second-order valence-corrected chi connectivity index (χ2v) is 0.0816. The van der Waals surface area contributed by atoms with E-state index < -0.39 is 0 Å². The molecule has 0 saturated carbocycles. The molecule has 0 fully saturated rings. The molecule has 0 aromatic carbocycles. The van der Waals surface area contributed by atoms with Crippen molar-refractivity contribution in [2.24, 2.45) is 5.34 Å². The first-order chi connectivity index (χ1) is 1.41. The Bertz CT molecular complexity index is 13.5. The Morgan fingerprint density at radius 2 is 1.75 bits per heavy atom. The van der Waals surface area contributed by atoms with Gasteiger partial charge in [-0.1, -0.05) is 0 Å². The molecule has 0 aliphatic heterocycles. The molecule has 4 heavy (non-hydrogen) atoms. The normalized spacial score (nSPS) is 3.00. The van der Waals surface area contributed by atoms with Crippen LogP contribution >= 0.6 is 0 Å². The van der Waals surface area contributed by atoms with Crippen LogP contribution in [0.1, 0.15) is 0 Å². The molecule has 1 radical (unpaired) electrons. The SMILES string of the molecule is O=NO.[Tb]. The first-order valence-corrected chi connectivity index (χ1v) is 0.383. The van der Waals surface area contributed by atoms with Crippen molar-refractivity contribution in [3.8, 4) is 0 Å². The number of rotatable bonds is 0. The van der Waals surface area contributed by atoms with E-state index in [0.29, 0.717) is 0 Å². The minimum Gasteiger partial charge on any atom is -0.379 e. The van der Waals surface area contributed by atoms with Gasteiger partial charge in [-0.25, -0.2) is 0 Å². The fourth-order valence-electron chi connectivity index (χ4n) is 0. The Hall–Kier alpha value is 0.686. The van der Waals surface area contributed by atoms with Crippen LogP contribution in [0.3, 0.4) is 0 Å². The van der Waals surface area contributed by atoms with Crippen molar-refractivity contribution in [3.05, 3.63) is 4.91 Å². The van der Waals surface area contributed by atoms with Crippen LogP contribution in [0.5, 0.6) is 0 Å². The second-order valence-electron chi connectivity index (χ2n) is 0.0816. The maximum atomic E-state index is 8.11. The average Bonchev–Trinajstić information content (AvgIpc) is 0.918. The maximum Gasteiger partial charge on any atom is 0.152 e. The molecule has 0 heterocycles. The maximum absolute atomic E-state index is 8.11. The molecule has 0 aliphatic rings. The van der Waals surface area contributed by atoms with Crippen LogP contribution < -0.4 is 0 Å². The zero-order valence-electron chi connectivity index (χ0n) is 1.64. The summed E-state index contributed by atoms with van der Waals surface area (Å²) < 4.78 is 0. The number of hydrogen-bond acceptors (Lipinski definition) is 2. The predicted octanol–water partition coefficient (Wildman–Crippen LogP) is 0.142. The Balaban J connectivity index is 0. The number of nitrogens with zero attached hydrogens (tertiary/aromatic N) is 1. The molecule has 3 nitrogen and oxygen atoms in total. The zero-order chi connectivity index (χ0) is 2.71. The van der Waals surface area contributed by atoms with Crippen molar-refractivity contribution in [1.29, 1.82) is 0 Å². The first kappa shape index (κ1) is 8.82. The summed E-state index contributed by atoms with van der Waals surface area (Å²) >= 11 is 0. The fraction of sp³-hybridized carbons (Fsp3) is 0. The molecule has 0 amide bonds. The molecule has 0 rings (SSSR count). The fourth-order valence-corrected chi connectivity index (χ4v) is 0. The van der Waals surface area contributed by atoms with E-state index in [4.69, 9.17) is 10.1 Å². The zero-order valence-corrected chi connectivity index (χ0v) is 3.77. The van der Waals surface area contributed by atoms with Gasteiger partial charge in [0.15, 0.2) is 5.34 Å². The van der Waals surface area contributed by atoms with Crippen molar-refractivity contribution in [2.75, 3.05) is 0 Å². The molecule has 27 valence electrons. The quantitative estimate of drug-likeness (QED) is 0.452. The van der Waals surface area contributed by atoms with Crippen molar-refractivity contribution >= 4 is 0 Å². The summed E-state index contributed by atoms with van der Waals surface area (Å²) in [6.07, 6.45) is 0. The summed E-state index contributed by atoms with van der Waals surface area (Å²) in [5, 5.41) is 7.89. The van der Waals surface area contributed by atoms with Crippen LogP contribution in [0.4, 0.5) is 0 Å². The molecule has 0 aromatic rings. The predicted molar refractivity (Wildman–Crippen MR) is 7.58 cm³/mol. The summed E-state index contributed by atoms with van der Waals surface area (Å²) in [5.41, 5.74) is 0. The van der Waals surface area contributed by atoms with Gasteiger partial charge in [0.1, 0.15) is 0 Å². The van der Waals surface area contributed by atoms with E-state index in [0.717, 1.165) is 0 Å². The Morgan fingerprint density at radius 1 is 1.75 bits per heavy atom. The molecular formula is HNO2Tb. The smallest absolute Gasteiger partial charge is 0.152 e. The number of hydrogen-bond donors (Lipinski definition) is 1. The summed E-state index contributed by atoms with van der Waals surface area (Å²) in [7, 11) is 0. The van der Waals surface area contributed by atoms with Crippen LogP contribution in [-0.4, -0.2) is 5.21 Å². The van der Waals surface area contributed by atoms with Gasteiger partial charge in [-0.3, -0.25) is 0 Å². The van der Waals surface area contributed by atoms with E-state index in [9.17, 15) is 0 Å². The summed E-state index contributed by atoms with van der Waals surface area (Å²) in [6, 6.07) is 0. The second kappa shape index (κ2) is 9.36. The van der Waals surface area contributed by atoms with Crippen LogP contribution in [0, 0.1) is 43.5 Å². The summed E-state index contributed by atoms with van der Waals surface area (Å²) in [6.45, 7) is 0. The first-order valence-electron chi connectivity index (χ1n) is 0.383. The van der Waals surface area contributed by atoms with E-state index >= 15 is 0 Å². The minimum atomic E-state index is 0. The monoisotopic (exact) mass is 206 g/mol. The summed E-state index contributed by atoms with van der Waals surface area (Å²) in [5.74, 6) is 0. The molecule has 0 unspecified atom stereocenters. The molecule has 4 heteroatoms.